The van der Waals surface area contributed by atoms with Gasteiger partial charge in [-0.15, -0.1) is 11.3 Å². The molecule has 3 nitrogen and oxygen atoms in total. The highest BCUT2D eigenvalue weighted by Crippen LogP contribution is 2.42. The first-order chi connectivity index (χ1) is 9.81. The summed E-state index contributed by atoms with van der Waals surface area (Å²) in [7, 11) is 0. The van der Waals surface area contributed by atoms with Crippen LogP contribution in [0, 0.1) is 5.41 Å². The van der Waals surface area contributed by atoms with Crippen LogP contribution in [0.2, 0.25) is 0 Å². The lowest BCUT2D eigenvalue weighted by Crippen LogP contribution is -2.36. The Morgan fingerprint density at radius 3 is 2.80 bits per heavy atom. The van der Waals surface area contributed by atoms with Crippen LogP contribution >= 0.6 is 11.3 Å². The Labute approximate surface area is 125 Å². The van der Waals surface area contributed by atoms with Crippen LogP contribution in [0.4, 0.5) is 0 Å². The molecule has 2 fully saturated rings. The van der Waals surface area contributed by atoms with Crippen molar-refractivity contribution < 1.29 is 5.11 Å². The van der Waals surface area contributed by atoms with Gasteiger partial charge >= 0.3 is 0 Å². The van der Waals surface area contributed by atoms with E-state index in [1.165, 1.54) is 54.8 Å². The minimum absolute atomic E-state index is 0.327. The van der Waals surface area contributed by atoms with E-state index in [0.717, 1.165) is 25.4 Å². The zero-order chi connectivity index (χ0) is 13.8. The molecule has 4 heteroatoms. The molecule has 0 spiro atoms. The lowest BCUT2D eigenvalue weighted by atomic mass is 9.72. The van der Waals surface area contributed by atoms with Crippen LogP contribution in [0.1, 0.15) is 67.2 Å². The van der Waals surface area contributed by atoms with Crippen LogP contribution in [-0.4, -0.2) is 23.2 Å². The second kappa shape index (κ2) is 6.54. The summed E-state index contributed by atoms with van der Waals surface area (Å²) in [6.45, 7) is 2.32. The Morgan fingerprint density at radius 1 is 1.30 bits per heavy atom. The predicted octanol–water partition coefficient (Wildman–Crippen LogP) is 3.44. The molecule has 0 aliphatic heterocycles. The molecule has 0 saturated heterocycles. The highest BCUT2D eigenvalue weighted by molar-refractivity contribution is 7.11. The second-order valence-corrected chi connectivity index (χ2v) is 7.72. The van der Waals surface area contributed by atoms with Gasteiger partial charge in [-0.3, -0.25) is 0 Å². The van der Waals surface area contributed by atoms with Gasteiger partial charge in [0.1, 0.15) is 0 Å². The van der Waals surface area contributed by atoms with Crippen molar-refractivity contribution in [1.29, 1.82) is 0 Å². The van der Waals surface area contributed by atoms with Crippen molar-refractivity contribution in [2.75, 3.05) is 13.2 Å². The fourth-order valence-electron chi connectivity index (χ4n) is 3.43. The number of hydrogen-bond acceptors (Lipinski definition) is 4. The van der Waals surface area contributed by atoms with E-state index in [4.69, 9.17) is 0 Å². The standard InChI is InChI=1S/C16H26N2OS/c19-9-8-16(6-2-1-3-7-16)12-17-10-14-11-18-15(20-14)13-4-5-13/h11,13,17,19H,1-10,12H2. The zero-order valence-electron chi connectivity index (χ0n) is 12.2. The summed E-state index contributed by atoms with van der Waals surface area (Å²) >= 11 is 1.88. The largest absolute Gasteiger partial charge is 0.396 e. The van der Waals surface area contributed by atoms with Gasteiger partial charge < -0.3 is 10.4 Å². The van der Waals surface area contributed by atoms with E-state index < -0.39 is 0 Å². The highest BCUT2D eigenvalue weighted by atomic mass is 32.1. The lowest BCUT2D eigenvalue weighted by molar-refractivity contribution is 0.126. The number of nitrogens with one attached hydrogen (secondary N) is 1. The minimum Gasteiger partial charge on any atom is -0.396 e. The summed E-state index contributed by atoms with van der Waals surface area (Å²) in [4.78, 5) is 5.90. The number of thiazole rings is 1. The van der Waals surface area contributed by atoms with Gasteiger partial charge in [0.2, 0.25) is 0 Å². The Hall–Kier alpha value is -0.450. The number of rotatable bonds is 7. The van der Waals surface area contributed by atoms with Crippen molar-refractivity contribution in [2.45, 2.75) is 63.8 Å². The van der Waals surface area contributed by atoms with Crippen LogP contribution in [0.3, 0.4) is 0 Å². The molecule has 2 aliphatic carbocycles. The van der Waals surface area contributed by atoms with Gasteiger partial charge in [-0.25, -0.2) is 4.98 Å². The van der Waals surface area contributed by atoms with Crippen molar-refractivity contribution in [1.82, 2.24) is 10.3 Å². The van der Waals surface area contributed by atoms with E-state index in [0.29, 0.717) is 12.0 Å². The summed E-state index contributed by atoms with van der Waals surface area (Å²) in [6.07, 6.45) is 12.2. The van der Waals surface area contributed by atoms with E-state index in [1.54, 1.807) is 0 Å². The first-order valence-corrected chi connectivity index (χ1v) is 8.89. The molecule has 20 heavy (non-hydrogen) atoms. The molecule has 2 saturated carbocycles. The van der Waals surface area contributed by atoms with E-state index in [1.807, 2.05) is 17.5 Å². The molecule has 1 aromatic heterocycles. The third-order valence-electron chi connectivity index (χ3n) is 4.85. The average Bonchev–Trinajstić information content (AvgIpc) is 3.20. The van der Waals surface area contributed by atoms with Crippen molar-refractivity contribution in [2.24, 2.45) is 5.41 Å². The van der Waals surface area contributed by atoms with Crippen LogP contribution in [-0.2, 0) is 6.54 Å². The van der Waals surface area contributed by atoms with Gasteiger partial charge in [0.15, 0.2) is 0 Å². The smallest absolute Gasteiger partial charge is 0.0959 e. The maximum absolute atomic E-state index is 9.34. The molecule has 0 atom stereocenters. The lowest BCUT2D eigenvalue weighted by Gasteiger charge is -2.37. The molecular formula is C16H26N2OS. The Morgan fingerprint density at radius 2 is 2.10 bits per heavy atom. The third-order valence-corrected chi connectivity index (χ3v) is 6.01. The third kappa shape index (κ3) is 3.60. The first-order valence-electron chi connectivity index (χ1n) is 8.08. The Bertz CT molecular complexity index is 416. The van der Waals surface area contributed by atoms with Crippen LogP contribution < -0.4 is 5.32 Å². The molecule has 0 amide bonds. The summed E-state index contributed by atoms with van der Waals surface area (Å²) in [5.41, 5.74) is 0.344. The molecule has 0 unspecified atom stereocenters. The van der Waals surface area contributed by atoms with E-state index in [2.05, 4.69) is 10.3 Å². The monoisotopic (exact) mass is 294 g/mol. The molecule has 1 heterocycles. The maximum Gasteiger partial charge on any atom is 0.0959 e. The fraction of sp³-hybridized carbons (Fsp3) is 0.812. The summed E-state index contributed by atoms with van der Waals surface area (Å²) in [5.74, 6) is 0.771. The SMILES string of the molecule is OCCC1(CNCc2cnc(C3CC3)s2)CCCCC1. The van der Waals surface area contributed by atoms with Gasteiger partial charge in [-0.1, -0.05) is 19.3 Å². The van der Waals surface area contributed by atoms with Crippen molar-refractivity contribution in [3.8, 4) is 0 Å². The molecule has 0 radical (unpaired) electrons. The minimum atomic E-state index is 0.327. The fourth-order valence-corrected chi connectivity index (χ4v) is 4.48. The summed E-state index contributed by atoms with van der Waals surface area (Å²) in [5, 5.41) is 14.3. The van der Waals surface area contributed by atoms with Crippen LogP contribution in [0.15, 0.2) is 6.20 Å². The molecule has 0 aromatic carbocycles. The molecule has 2 aliphatic rings. The molecule has 3 rings (SSSR count). The maximum atomic E-state index is 9.34. The Balaban J connectivity index is 1.48. The van der Waals surface area contributed by atoms with Crippen LogP contribution in [0.25, 0.3) is 0 Å². The second-order valence-electron chi connectivity index (χ2n) is 6.58. The number of hydrogen-bond donors (Lipinski definition) is 2. The molecule has 1 aromatic rings. The molecule has 2 N–H and O–H groups in total. The topological polar surface area (TPSA) is 45.1 Å². The number of aliphatic hydroxyl groups is 1. The highest BCUT2D eigenvalue weighted by Gasteiger charge is 2.31. The van der Waals surface area contributed by atoms with E-state index in [9.17, 15) is 5.11 Å². The summed E-state index contributed by atoms with van der Waals surface area (Å²) < 4.78 is 0. The van der Waals surface area contributed by atoms with Gasteiger partial charge in [0.25, 0.3) is 0 Å². The first kappa shape index (κ1) is 14.5. The zero-order valence-corrected chi connectivity index (χ0v) is 13.1. The molecule has 0 bridgehead atoms. The van der Waals surface area contributed by atoms with Crippen molar-refractivity contribution >= 4 is 11.3 Å². The van der Waals surface area contributed by atoms with Gasteiger partial charge in [0.05, 0.1) is 5.01 Å². The average molecular weight is 294 g/mol. The van der Waals surface area contributed by atoms with Crippen LogP contribution in [0.5, 0.6) is 0 Å². The van der Waals surface area contributed by atoms with E-state index in [-0.39, 0.29) is 0 Å². The predicted molar refractivity (Wildman–Crippen MR) is 83.0 cm³/mol. The normalized spacial score (nSPS) is 22.1. The van der Waals surface area contributed by atoms with E-state index >= 15 is 0 Å². The molecule has 112 valence electrons. The summed E-state index contributed by atoms with van der Waals surface area (Å²) in [6, 6.07) is 0. The van der Waals surface area contributed by atoms with Crippen molar-refractivity contribution in [3.63, 3.8) is 0 Å². The molecular weight excluding hydrogens is 268 g/mol. The van der Waals surface area contributed by atoms with Gasteiger partial charge in [-0.2, -0.15) is 0 Å². The quantitative estimate of drug-likeness (QED) is 0.809. The van der Waals surface area contributed by atoms with Gasteiger partial charge in [0, 0.05) is 36.7 Å². The van der Waals surface area contributed by atoms with Gasteiger partial charge in [-0.05, 0) is 37.5 Å². The number of aromatic nitrogens is 1. The number of nitrogens with zero attached hydrogens (tertiary/aromatic N) is 1. The Kier molecular flexibility index (Phi) is 4.74. The van der Waals surface area contributed by atoms with Crippen molar-refractivity contribution in [3.05, 3.63) is 16.1 Å². The number of aliphatic hydroxyl groups excluding tert-OH is 1.